The van der Waals surface area contributed by atoms with Gasteiger partial charge in [-0.1, -0.05) is 44.5 Å². The monoisotopic (exact) mass is 354 g/mol. The van der Waals surface area contributed by atoms with Crippen molar-refractivity contribution in [1.29, 1.82) is 0 Å². The molecule has 2 nitrogen and oxygen atoms in total. The van der Waals surface area contributed by atoms with Crippen LogP contribution in [0.1, 0.15) is 44.6 Å². The molecule has 0 aliphatic heterocycles. The highest BCUT2D eigenvalue weighted by Crippen LogP contribution is 2.31. The molecule has 4 heteroatoms. The number of hydrogen-bond acceptors (Lipinski definition) is 2. The van der Waals surface area contributed by atoms with E-state index in [1.807, 2.05) is 12.1 Å². The second kappa shape index (κ2) is 7.41. The second-order valence-electron chi connectivity index (χ2n) is 5.70. The first kappa shape index (κ1) is 15.8. The largest absolute Gasteiger partial charge is 0.389 e. The molecule has 3 N–H and O–H groups in total. The molecule has 1 aliphatic rings. The van der Waals surface area contributed by atoms with Crippen LogP contribution in [0.4, 0.5) is 5.69 Å². The molecule has 0 spiro atoms. The zero-order chi connectivity index (χ0) is 14.5. The maximum Gasteiger partial charge on any atom is 0.107 e. The van der Waals surface area contributed by atoms with E-state index in [1.54, 1.807) is 0 Å². The standard InChI is InChI=1S/C16H23BrN2S/c1-2-11-6-8-12(9-7-11)10-19-14-5-3-4-13(17)15(14)16(18)20/h3-5,11-12,19H,2,6-10H2,1H3,(H2,18,20). The molecule has 1 aromatic carbocycles. The Morgan fingerprint density at radius 1 is 1.30 bits per heavy atom. The fourth-order valence-electron chi connectivity index (χ4n) is 3.02. The first-order chi connectivity index (χ1) is 9.61. The van der Waals surface area contributed by atoms with Gasteiger partial charge in [0, 0.05) is 22.3 Å². The molecule has 0 saturated heterocycles. The lowest BCUT2D eigenvalue weighted by Gasteiger charge is -2.28. The van der Waals surface area contributed by atoms with Gasteiger partial charge >= 0.3 is 0 Å². The third-order valence-corrected chi connectivity index (χ3v) is 5.25. The lowest BCUT2D eigenvalue weighted by atomic mass is 9.81. The van der Waals surface area contributed by atoms with Gasteiger partial charge in [0.1, 0.15) is 4.99 Å². The number of halogens is 1. The molecule has 1 aromatic rings. The Balaban J connectivity index is 1.95. The van der Waals surface area contributed by atoms with E-state index in [-0.39, 0.29) is 0 Å². The Bertz CT molecular complexity index is 468. The van der Waals surface area contributed by atoms with Crippen LogP contribution in [0.3, 0.4) is 0 Å². The molecule has 0 amide bonds. The normalized spacial score (nSPS) is 22.5. The predicted octanol–water partition coefficient (Wildman–Crippen LogP) is 4.71. The van der Waals surface area contributed by atoms with Crippen molar-refractivity contribution in [3.05, 3.63) is 28.2 Å². The molecule has 1 fully saturated rings. The van der Waals surface area contributed by atoms with Crippen LogP contribution in [-0.4, -0.2) is 11.5 Å². The van der Waals surface area contributed by atoms with E-state index in [9.17, 15) is 0 Å². The maximum absolute atomic E-state index is 5.82. The fraction of sp³-hybridized carbons (Fsp3) is 0.562. The van der Waals surface area contributed by atoms with Crippen molar-refractivity contribution in [2.24, 2.45) is 17.6 Å². The van der Waals surface area contributed by atoms with E-state index in [2.05, 4.69) is 34.2 Å². The molecular formula is C16H23BrN2S. The Hall–Kier alpha value is -0.610. The van der Waals surface area contributed by atoms with Gasteiger partial charge < -0.3 is 11.1 Å². The van der Waals surface area contributed by atoms with Crippen LogP contribution < -0.4 is 11.1 Å². The third kappa shape index (κ3) is 3.95. The fourth-order valence-corrected chi connectivity index (χ4v) is 3.95. The lowest BCUT2D eigenvalue weighted by Crippen LogP contribution is -2.22. The number of rotatable bonds is 5. The third-order valence-electron chi connectivity index (χ3n) is 4.38. The molecule has 1 aliphatic carbocycles. The SMILES string of the molecule is CCC1CCC(CNc2cccc(Br)c2C(N)=S)CC1. The van der Waals surface area contributed by atoms with Gasteiger partial charge in [0.25, 0.3) is 0 Å². The van der Waals surface area contributed by atoms with Gasteiger partial charge in [0.15, 0.2) is 0 Å². The molecule has 110 valence electrons. The van der Waals surface area contributed by atoms with E-state index in [0.29, 0.717) is 4.99 Å². The number of anilines is 1. The summed E-state index contributed by atoms with van der Waals surface area (Å²) in [5, 5.41) is 3.54. The van der Waals surface area contributed by atoms with Crippen LogP contribution in [0, 0.1) is 11.8 Å². The number of benzene rings is 1. The summed E-state index contributed by atoms with van der Waals surface area (Å²) in [5.41, 5.74) is 7.79. The summed E-state index contributed by atoms with van der Waals surface area (Å²) in [6.45, 7) is 3.32. The Morgan fingerprint density at radius 3 is 2.55 bits per heavy atom. The van der Waals surface area contributed by atoms with Crippen molar-refractivity contribution in [2.45, 2.75) is 39.0 Å². The molecule has 1 saturated carbocycles. The minimum Gasteiger partial charge on any atom is -0.389 e. The molecule has 0 radical (unpaired) electrons. The van der Waals surface area contributed by atoms with Crippen LogP contribution in [-0.2, 0) is 0 Å². The molecule has 0 aromatic heterocycles. The van der Waals surface area contributed by atoms with E-state index in [0.717, 1.165) is 34.1 Å². The van der Waals surface area contributed by atoms with Gasteiger partial charge in [-0.15, -0.1) is 0 Å². The van der Waals surface area contributed by atoms with Crippen molar-refractivity contribution in [1.82, 2.24) is 0 Å². The smallest absolute Gasteiger partial charge is 0.107 e. The average Bonchev–Trinajstić information content (AvgIpc) is 2.45. The van der Waals surface area contributed by atoms with Gasteiger partial charge in [0.05, 0.1) is 0 Å². The van der Waals surface area contributed by atoms with Crippen LogP contribution in [0.25, 0.3) is 0 Å². The molecule has 0 bridgehead atoms. The Morgan fingerprint density at radius 2 is 1.95 bits per heavy atom. The van der Waals surface area contributed by atoms with Gasteiger partial charge in [-0.25, -0.2) is 0 Å². The van der Waals surface area contributed by atoms with Crippen LogP contribution >= 0.6 is 28.1 Å². The van der Waals surface area contributed by atoms with Crippen molar-refractivity contribution in [2.75, 3.05) is 11.9 Å². The average molecular weight is 355 g/mol. The predicted molar refractivity (Wildman–Crippen MR) is 94.3 cm³/mol. The molecule has 0 heterocycles. The first-order valence-corrected chi connectivity index (χ1v) is 8.64. The van der Waals surface area contributed by atoms with Crippen molar-refractivity contribution in [3.8, 4) is 0 Å². The highest BCUT2D eigenvalue weighted by Gasteiger charge is 2.20. The quantitative estimate of drug-likeness (QED) is 0.751. The summed E-state index contributed by atoms with van der Waals surface area (Å²) >= 11 is 8.67. The molecule has 0 unspecified atom stereocenters. The van der Waals surface area contributed by atoms with E-state index >= 15 is 0 Å². The molecule has 2 rings (SSSR count). The van der Waals surface area contributed by atoms with E-state index in [4.69, 9.17) is 18.0 Å². The van der Waals surface area contributed by atoms with Gasteiger partial charge in [0.2, 0.25) is 0 Å². The van der Waals surface area contributed by atoms with Gasteiger partial charge in [-0.05, 0) is 52.7 Å². The number of thiocarbonyl (C=S) groups is 1. The van der Waals surface area contributed by atoms with E-state index in [1.165, 1.54) is 32.1 Å². The number of nitrogens with two attached hydrogens (primary N) is 1. The summed E-state index contributed by atoms with van der Waals surface area (Å²) in [5.74, 6) is 1.72. The summed E-state index contributed by atoms with van der Waals surface area (Å²) in [6, 6.07) is 6.05. The number of hydrogen-bond donors (Lipinski definition) is 2. The van der Waals surface area contributed by atoms with Crippen molar-refractivity contribution in [3.63, 3.8) is 0 Å². The summed E-state index contributed by atoms with van der Waals surface area (Å²) < 4.78 is 0.963. The van der Waals surface area contributed by atoms with Gasteiger partial charge in [-0.2, -0.15) is 0 Å². The minimum atomic E-state index is 0.440. The van der Waals surface area contributed by atoms with E-state index < -0.39 is 0 Å². The minimum absolute atomic E-state index is 0.440. The van der Waals surface area contributed by atoms with Crippen molar-refractivity contribution >= 4 is 38.8 Å². The van der Waals surface area contributed by atoms with Gasteiger partial charge in [-0.3, -0.25) is 0 Å². The van der Waals surface area contributed by atoms with Crippen LogP contribution in [0.15, 0.2) is 22.7 Å². The Labute approximate surface area is 135 Å². The highest BCUT2D eigenvalue weighted by atomic mass is 79.9. The Kier molecular flexibility index (Phi) is 5.85. The summed E-state index contributed by atoms with van der Waals surface area (Å²) in [7, 11) is 0. The highest BCUT2D eigenvalue weighted by molar-refractivity contribution is 9.10. The van der Waals surface area contributed by atoms with Crippen molar-refractivity contribution < 1.29 is 0 Å². The maximum atomic E-state index is 5.82. The first-order valence-electron chi connectivity index (χ1n) is 7.44. The zero-order valence-corrected chi connectivity index (χ0v) is 14.4. The lowest BCUT2D eigenvalue weighted by molar-refractivity contribution is 0.278. The molecule has 0 atom stereocenters. The van der Waals surface area contributed by atoms with Crippen LogP contribution in [0.5, 0.6) is 0 Å². The second-order valence-corrected chi connectivity index (χ2v) is 7.00. The van der Waals surface area contributed by atoms with Crippen LogP contribution in [0.2, 0.25) is 0 Å². The molecule has 20 heavy (non-hydrogen) atoms. The summed E-state index contributed by atoms with van der Waals surface area (Å²) in [4.78, 5) is 0.440. The molecular weight excluding hydrogens is 332 g/mol. The zero-order valence-electron chi connectivity index (χ0n) is 12.0. The summed E-state index contributed by atoms with van der Waals surface area (Å²) in [6.07, 6.45) is 6.76. The number of nitrogens with one attached hydrogen (secondary N) is 1. The topological polar surface area (TPSA) is 38.0 Å².